The second-order valence-corrected chi connectivity index (χ2v) is 6.68. The zero-order chi connectivity index (χ0) is 19.0. The molecule has 0 bridgehead atoms. The van der Waals surface area contributed by atoms with Gasteiger partial charge in [-0.15, -0.1) is 0 Å². The Hall–Kier alpha value is -2.99. The molecule has 2 heterocycles. The maximum absolute atomic E-state index is 12.4. The van der Waals surface area contributed by atoms with Crippen molar-refractivity contribution in [2.75, 3.05) is 19.5 Å². The fourth-order valence-corrected chi connectivity index (χ4v) is 3.57. The second kappa shape index (κ2) is 6.96. The average Bonchev–Trinajstić information content (AvgIpc) is 3.10. The summed E-state index contributed by atoms with van der Waals surface area (Å²) in [6, 6.07) is 13.0. The van der Waals surface area contributed by atoms with Crippen molar-refractivity contribution in [1.29, 1.82) is 0 Å². The fourth-order valence-electron chi connectivity index (χ4n) is 3.37. The second-order valence-electron chi connectivity index (χ2n) is 6.25. The van der Waals surface area contributed by atoms with Crippen LogP contribution in [0.1, 0.15) is 23.6 Å². The normalized spacial score (nSPS) is 15.8. The van der Waals surface area contributed by atoms with Gasteiger partial charge in [0.2, 0.25) is 5.91 Å². The fraction of sp³-hybridized carbons (Fsp3) is 0.200. The third-order valence-corrected chi connectivity index (χ3v) is 4.91. The Labute approximate surface area is 161 Å². The van der Waals surface area contributed by atoms with E-state index in [4.69, 9.17) is 21.1 Å². The molecular formula is C20H18ClN3O3. The van der Waals surface area contributed by atoms with Gasteiger partial charge in [-0.2, -0.15) is 0 Å². The Bertz CT molecular complexity index is 1020. The minimum absolute atomic E-state index is 0.0679. The van der Waals surface area contributed by atoms with Crippen molar-refractivity contribution in [1.82, 2.24) is 9.55 Å². The molecule has 27 heavy (non-hydrogen) atoms. The summed E-state index contributed by atoms with van der Waals surface area (Å²) >= 11 is 6.14. The SMILES string of the molecule is COc1ccc(-n2cnc3c2NC(=O)CC3c2cccc(Cl)c2)c(OC)c1. The third-order valence-electron chi connectivity index (χ3n) is 4.67. The Morgan fingerprint density at radius 2 is 2.04 bits per heavy atom. The summed E-state index contributed by atoms with van der Waals surface area (Å²) in [5.74, 6) is 1.72. The first-order chi connectivity index (χ1) is 13.1. The Kier molecular flexibility index (Phi) is 4.49. The van der Waals surface area contributed by atoms with Gasteiger partial charge in [0.05, 0.1) is 25.6 Å². The summed E-state index contributed by atoms with van der Waals surface area (Å²) in [5.41, 5.74) is 2.53. The number of aromatic nitrogens is 2. The lowest BCUT2D eigenvalue weighted by atomic mass is 9.90. The van der Waals surface area contributed by atoms with Crippen molar-refractivity contribution in [2.45, 2.75) is 12.3 Å². The first kappa shape index (κ1) is 17.4. The van der Waals surface area contributed by atoms with Gasteiger partial charge in [0.1, 0.15) is 23.6 Å². The van der Waals surface area contributed by atoms with Crippen LogP contribution in [0.25, 0.3) is 5.69 Å². The molecule has 0 radical (unpaired) electrons. The van der Waals surface area contributed by atoms with Crippen LogP contribution in [0.5, 0.6) is 11.5 Å². The number of nitrogens with zero attached hydrogens (tertiary/aromatic N) is 2. The molecule has 0 aliphatic carbocycles. The number of methoxy groups -OCH3 is 2. The molecule has 1 aliphatic rings. The van der Waals surface area contributed by atoms with Gasteiger partial charge < -0.3 is 14.8 Å². The molecular weight excluding hydrogens is 366 g/mol. The van der Waals surface area contributed by atoms with Crippen molar-refractivity contribution in [3.05, 3.63) is 65.1 Å². The van der Waals surface area contributed by atoms with E-state index in [1.54, 1.807) is 26.6 Å². The smallest absolute Gasteiger partial charge is 0.226 e. The summed E-state index contributed by atoms with van der Waals surface area (Å²) < 4.78 is 12.6. The summed E-state index contributed by atoms with van der Waals surface area (Å²) in [5, 5.41) is 3.58. The van der Waals surface area contributed by atoms with Crippen molar-refractivity contribution in [2.24, 2.45) is 0 Å². The van der Waals surface area contributed by atoms with Crippen LogP contribution in [-0.4, -0.2) is 29.7 Å². The Morgan fingerprint density at radius 1 is 1.19 bits per heavy atom. The monoisotopic (exact) mass is 383 g/mol. The van der Waals surface area contributed by atoms with E-state index in [0.29, 0.717) is 28.8 Å². The lowest BCUT2D eigenvalue weighted by Gasteiger charge is -2.24. The van der Waals surface area contributed by atoms with Crippen LogP contribution in [0, 0.1) is 0 Å². The maximum atomic E-state index is 12.4. The Morgan fingerprint density at radius 3 is 2.78 bits per heavy atom. The van der Waals surface area contributed by atoms with Gasteiger partial charge in [0.25, 0.3) is 0 Å². The summed E-state index contributed by atoms with van der Waals surface area (Å²) in [4.78, 5) is 17.0. The highest BCUT2D eigenvalue weighted by molar-refractivity contribution is 6.30. The molecule has 3 aromatic rings. The molecule has 4 rings (SSSR count). The third kappa shape index (κ3) is 3.13. The van der Waals surface area contributed by atoms with E-state index in [-0.39, 0.29) is 11.8 Å². The molecule has 1 amide bonds. The van der Waals surface area contributed by atoms with Crippen LogP contribution in [0.3, 0.4) is 0 Å². The van der Waals surface area contributed by atoms with Gasteiger partial charge in [-0.25, -0.2) is 4.98 Å². The highest BCUT2D eigenvalue weighted by atomic mass is 35.5. The van der Waals surface area contributed by atoms with Gasteiger partial charge in [-0.3, -0.25) is 9.36 Å². The highest BCUT2D eigenvalue weighted by Gasteiger charge is 2.31. The quantitative estimate of drug-likeness (QED) is 0.739. The van der Waals surface area contributed by atoms with Crippen LogP contribution in [0.2, 0.25) is 5.02 Å². The molecule has 0 spiro atoms. The number of benzene rings is 2. The zero-order valence-corrected chi connectivity index (χ0v) is 15.7. The number of rotatable bonds is 4. The summed E-state index contributed by atoms with van der Waals surface area (Å²) in [6.45, 7) is 0. The minimum Gasteiger partial charge on any atom is -0.497 e. The first-order valence-corrected chi connectivity index (χ1v) is 8.83. The maximum Gasteiger partial charge on any atom is 0.226 e. The molecule has 1 aliphatic heterocycles. The molecule has 1 unspecified atom stereocenters. The van der Waals surface area contributed by atoms with Crippen molar-refractivity contribution < 1.29 is 14.3 Å². The van der Waals surface area contributed by atoms with Gasteiger partial charge in [0.15, 0.2) is 0 Å². The molecule has 1 atom stereocenters. The Balaban J connectivity index is 1.83. The number of anilines is 1. The van der Waals surface area contributed by atoms with Gasteiger partial charge in [-0.1, -0.05) is 23.7 Å². The number of hydrogen-bond acceptors (Lipinski definition) is 4. The highest BCUT2D eigenvalue weighted by Crippen LogP contribution is 2.39. The van der Waals surface area contributed by atoms with Gasteiger partial charge in [-0.05, 0) is 29.8 Å². The van der Waals surface area contributed by atoms with Gasteiger partial charge in [0, 0.05) is 23.4 Å². The largest absolute Gasteiger partial charge is 0.497 e. The molecule has 1 aromatic heterocycles. The number of imidazole rings is 1. The number of nitrogens with one attached hydrogen (secondary N) is 1. The van der Waals surface area contributed by atoms with E-state index >= 15 is 0 Å². The van der Waals surface area contributed by atoms with E-state index < -0.39 is 0 Å². The molecule has 2 aromatic carbocycles. The lowest BCUT2D eigenvalue weighted by Crippen LogP contribution is -2.25. The molecule has 0 saturated carbocycles. The zero-order valence-electron chi connectivity index (χ0n) is 14.9. The van der Waals surface area contributed by atoms with Crippen molar-refractivity contribution in [3.63, 3.8) is 0 Å². The molecule has 138 valence electrons. The number of carbonyl (C=O) groups excluding carboxylic acids is 1. The van der Waals surface area contributed by atoms with E-state index in [0.717, 1.165) is 16.9 Å². The molecule has 0 fully saturated rings. The van der Waals surface area contributed by atoms with Gasteiger partial charge >= 0.3 is 0 Å². The number of amides is 1. The summed E-state index contributed by atoms with van der Waals surface area (Å²) in [6.07, 6.45) is 2.02. The first-order valence-electron chi connectivity index (χ1n) is 8.45. The lowest BCUT2D eigenvalue weighted by molar-refractivity contribution is -0.116. The average molecular weight is 384 g/mol. The molecule has 0 saturated heterocycles. The van der Waals surface area contributed by atoms with Crippen LogP contribution in [-0.2, 0) is 4.79 Å². The summed E-state index contributed by atoms with van der Waals surface area (Å²) in [7, 11) is 3.19. The molecule has 6 nitrogen and oxygen atoms in total. The number of carbonyl (C=O) groups is 1. The standard InChI is InChI=1S/C20H18ClN3O3/c1-26-14-6-7-16(17(9-14)27-2)24-11-22-19-15(10-18(25)23-20(19)24)12-4-3-5-13(21)8-12/h3-9,11,15H,10H2,1-2H3,(H,23,25). The minimum atomic E-state index is -0.155. The van der Waals surface area contributed by atoms with E-state index in [9.17, 15) is 4.79 Å². The molecule has 7 heteroatoms. The number of halogens is 1. The van der Waals surface area contributed by atoms with Crippen LogP contribution in [0.15, 0.2) is 48.8 Å². The van der Waals surface area contributed by atoms with E-state index in [1.165, 1.54) is 0 Å². The number of fused-ring (bicyclic) bond motifs is 1. The molecule has 1 N–H and O–H groups in total. The predicted octanol–water partition coefficient (Wildman–Crippen LogP) is 4.02. The predicted molar refractivity (Wildman–Crippen MR) is 103 cm³/mol. The van der Waals surface area contributed by atoms with E-state index in [1.807, 2.05) is 41.0 Å². The van der Waals surface area contributed by atoms with Crippen LogP contribution < -0.4 is 14.8 Å². The van der Waals surface area contributed by atoms with Crippen LogP contribution in [0.4, 0.5) is 5.82 Å². The number of hydrogen-bond donors (Lipinski definition) is 1. The van der Waals surface area contributed by atoms with Crippen LogP contribution >= 0.6 is 11.6 Å². The number of ether oxygens (including phenoxy) is 2. The van der Waals surface area contributed by atoms with E-state index in [2.05, 4.69) is 10.3 Å². The van der Waals surface area contributed by atoms with Crippen molar-refractivity contribution in [3.8, 4) is 17.2 Å². The topological polar surface area (TPSA) is 65.4 Å². The van der Waals surface area contributed by atoms with Crippen molar-refractivity contribution >= 4 is 23.3 Å².